The second kappa shape index (κ2) is 7.47. The zero-order valence-electron chi connectivity index (χ0n) is 15.1. The molecule has 6 nitrogen and oxygen atoms in total. The van der Waals surface area contributed by atoms with Crippen LogP contribution < -0.4 is 19.7 Å². The number of rotatable bonds is 5. The highest BCUT2D eigenvalue weighted by atomic mass is 16.5. The predicted octanol–water partition coefficient (Wildman–Crippen LogP) is 2.41. The van der Waals surface area contributed by atoms with E-state index in [0.717, 1.165) is 11.3 Å². The standard InChI is InChI=1S/C20H22N2O4/c1-4-21-19(23)17-11-13-7-5-6-8-16(13)22(17)20(24)15-10-9-14(25-2)12-18(15)26-3/h5-10,12,17H,4,11H2,1-3H3,(H,21,23)/t17-/m0/s1. The summed E-state index contributed by atoms with van der Waals surface area (Å²) in [5.74, 6) is 0.573. The molecule has 0 saturated heterocycles. The van der Waals surface area contributed by atoms with Crippen LogP contribution in [0, 0.1) is 0 Å². The fourth-order valence-corrected chi connectivity index (χ4v) is 3.24. The fraction of sp³-hybridized carbons (Fsp3) is 0.300. The van der Waals surface area contributed by atoms with E-state index in [1.807, 2.05) is 31.2 Å². The Labute approximate surface area is 152 Å². The Morgan fingerprint density at radius 2 is 1.92 bits per heavy atom. The van der Waals surface area contributed by atoms with E-state index in [-0.39, 0.29) is 11.8 Å². The Kier molecular flexibility index (Phi) is 5.11. The summed E-state index contributed by atoms with van der Waals surface area (Å²) in [6.45, 7) is 2.37. The fourth-order valence-electron chi connectivity index (χ4n) is 3.24. The molecular weight excluding hydrogens is 332 g/mol. The summed E-state index contributed by atoms with van der Waals surface area (Å²) in [6.07, 6.45) is 0.492. The normalized spacial score (nSPS) is 15.3. The number of methoxy groups -OCH3 is 2. The summed E-state index contributed by atoms with van der Waals surface area (Å²) in [4.78, 5) is 27.5. The first-order valence-corrected chi connectivity index (χ1v) is 8.51. The molecule has 26 heavy (non-hydrogen) atoms. The summed E-state index contributed by atoms with van der Waals surface area (Å²) in [5, 5.41) is 2.82. The van der Waals surface area contributed by atoms with E-state index in [4.69, 9.17) is 9.47 Å². The number of nitrogens with one attached hydrogen (secondary N) is 1. The lowest BCUT2D eigenvalue weighted by molar-refractivity contribution is -0.122. The van der Waals surface area contributed by atoms with E-state index in [9.17, 15) is 9.59 Å². The third-order valence-electron chi connectivity index (χ3n) is 4.49. The Balaban J connectivity index is 2.03. The molecule has 1 heterocycles. The van der Waals surface area contributed by atoms with E-state index in [2.05, 4.69) is 5.32 Å². The maximum absolute atomic E-state index is 13.3. The minimum Gasteiger partial charge on any atom is -0.497 e. The number of likely N-dealkylation sites (N-methyl/N-ethyl adjacent to an activating group) is 1. The highest BCUT2D eigenvalue weighted by Gasteiger charge is 2.39. The number of ether oxygens (including phenoxy) is 2. The maximum Gasteiger partial charge on any atom is 0.262 e. The topological polar surface area (TPSA) is 67.9 Å². The van der Waals surface area contributed by atoms with Crippen molar-refractivity contribution >= 4 is 17.5 Å². The molecule has 1 aliphatic rings. The van der Waals surface area contributed by atoms with E-state index in [0.29, 0.717) is 30.0 Å². The summed E-state index contributed by atoms with van der Waals surface area (Å²) < 4.78 is 10.6. The zero-order valence-corrected chi connectivity index (χ0v) is 15.1. The number of amides is 2. The number of para-hydroxylation sites is 1. The largest absolute Gasteiger partial charge is 0.497 e. The Morgan fingerprint density at radius 3 is 2.62 bits per heavy atom. The Morgan fingerprint density at radius 1 is 1.15 bits per heavy atom. The van der Waals surface area contributed by atoms with E-state index < -0.39 is 6.04 Å². The lowest BCUT2D eigenvalue weighted by atomic mass is 10.1. The molecule has 1 N–H and O–H groups in total. The summed E-state index contributed by atoms with van der Waals surface area (Å²) in [6, 6.07) is 12.0. The molecule has 1 aliphatic heterocycles. The van der Waals surface area contributed by atoms with Gasteiger partial charge in [-0.25, -0.2) is 0 Å². The average Bonchev–Trinajstić information content (AvgIpc) is 3.06. The molecule has 6 heteroatoms. The molecule has 0 aliphatic carbocycles. The molecule has 2 aromatic carbocycles. The van der Waals surface area contributed by atoms with Gasteiger partial charge in [0.2, 0.25) is 5.91 Å². The molecule has 0 spiro atoms. The van der Waals surface area contributed by atoms with Gasteiger partial charge in [-0.15, -0.1) is 0 Å². The van der Waals surface area contributed by atoms with Gasteiger partial charge in [0.1, 0.15) is 17.5 Å². The van der Waals surface area contributed by atoms with Gasteiger partial charge in [0.25, 0.3) is 5.91 Å². The van der Waals surface area contributed by atoms with Crippen LogP contribution >= 0.6 is 0 Å². The van der Waals surface area contributed by atoms with Crippen molar-refractivity contribution in [1.29, 1.82) is 0 Å². The number of hydrogen-bond acceptors (Lipinski definition) is 4. The molecule has 136 valence electrons. The van der Waals surface area contributed by atoms with Gasteiger partial charge < -0.3 is 14.8 Å². The quantitative estimate of drug-likeness (QED) is 0.895. The smallest absolute Gasteiger partial charge is 0.262 e. The van der Waals surface area contributed by atoms with Crippen LogP contribution in [0.15, 0.2) is 42.5 Å². The number of fused-ring (bicyclic) bond motifs is 1. The summed E-state index contributed by atoms with van der Waals surface area (Å²) >= 11 is 0. The first-order chi connectivity index (χ1) is 12.6. The van der Waals surface area contributed by atoms with Crippen LogP contribution in [0.3, 0.4) is 0 Å². The molecule has 0 radical (unpaired) electrons. The number of carbonyl (C=O) groups excluding carboxylic acids is 2. The molecule has 3 rings (SSSR count). The van der Waals surface area contributed by atoms with Gasteiger partial charge in [-0.1, -0.05) is 18.2 Å². The third kappa shape index (κ3) is 3.10. The Bertz CT molecular complexity index is 834. The predicted molar refractivity (Wildman–Crippen MR) is 99.0 cm³/mol. The SMILES string of the molecule is CCNC(=O)[C@@H]1Cc2ccccc2N1C(=O)c1ccc(OC)cc1OC. The van der Waals surface area contributed by atoms with Gasteiger partial charge in [-0.2, -0.15) is 0 Å². The van der Waals surface area contributed by atoms with Crippen LogP contribution in [0.1, 0.15) is 22.8 Å². The molecule has 2 amide bonds. The minimum atomic E-state index is -0.577. The molecular formula is C20H22N2O4. The van der Waals surface area contributed by atoms with Gasteiger partial charge in [-0.05, 0) is 30.7 Å². The number of benzene rings is 2. The average molecular weight is 354 g/mol. The lowest BCUT2D eigenvalue weighted by Gasteiger charge is -2.25. The van der Waals surface area contributed by atoms with E-state index in [1.165, 1.54) is 7.11 Å². The number of carbonyl (C=O) groups is 2. The van der Waals surface area contributed by atoms with Crippen molar-refractivity contribution in [3.63, 3.8) is 0 Å². The lowest BCUT2D eigenvalue weighted by Crippen LogP contribution is -2.48. The van der Waals surface area contributed by atoms with Crippen LogP contribution in [-0.4, -0.2) is 38.6 Å². The van der Waals surface area contributed by atoms with Crippen LogP contribution in [0.4, 0.5) is 5.69 Å². The van der Waals surface area contributed by atoms with Gasteiger partial charge in [0.15, 0.2) is 0 Å². The van der Waals surface area contributed by atoms with Crippen LogP contribution in [0.25, 0.3) is 0 Å². The highest BCUT2D eigenvalue weighted by Crippen LogP contribution is 2.35. The summed E-state index contributed by atoms with van der Waals surface area (Å²) in [5.41, 5.74) is 2.12. The number of nitrogens with zero attached hydrogens (tertiary/aromatic N) is 1. The number of anilines is 1. The second-order valence-corrected chi connectivity index (χ2v) is 5.98. The van der Waals surface area contributed by atoms with Crippen molar-refractivity contribution in [3.05, 3.63) is 53.6 Å². The molecule has 1 atom stereocenters. The van der Waals surface area contributed by atoms with Gasteiger partial charge in [0, 0.05) is 24.7 Å². The zero-order chi connectivity index (χ0) is 18.7. The van der Waals surface area contributed by atoms with E-state index in [1.54, 1.807) is 30.2 Å². The molecule has 2 aromatic rings. The van der Waals surface area contributed by atoms with Crippen LogP contribution in [-0.2, 0) is 11.2 Å². The van der Waals surface area contributed by atoms with Crippen molar-refractivity contribution in [2.45, 2.75) is 19.4 Å². The van der Waals surface area contributed by atoms with Crippen molar-refractivity contribution in [3.8, 4) is 11.5 Å². The summed E-state index contributed by atoms with van der Waals surface area (Å²) in [7, 11) is 3.06. The first-order valence-electron chi connectivity index (χ1n) is 8.51. The first kappa shape index (κ1) is 17.8. The Hall–Kier alpha value is -3.02. The van der Waals surface area contributed by atoms with Gasteiger partial charge in [0.05, 0.1) is 19.8 Å². The third-order valence-corrected chi connectivity index (χ3v) is 4.49. The molecule has 0 unspecified atom stereocenters. The minimum absolute atomic E-state index is 0.162. The number of hydrogen-bond donors (Lipinski definition) is 1. The molecule has 0 bridgehead atoms. The maximum atomic E-state index is 13.3. The van der Waals surface area contributed by atoms with Crippen LogP contribution in [0.5, 0.6) is 11.5 Å². The van der Waals surface area contributed by atoms with Crippen molar-refractivity contribution in [2.24, 2.45) is 0 Å². The molecule has 0 fully saturated rings. The van der Waals surface area contributed by atoms with Crippen molar-refractivity contribution in [1.82, 2.24) is 5.32 Å². The van der Waals surface area contributed by atoms with Crippen molar-refractivity contribution in [2.75, 3.05) is 25.7 Å². The molecule has 0 aromatic heterocycles. The second-order valence-electron chi connectivity index (χ2n) is 5.98. The monoisotopic (exact) mass is 354 g/mol. The van der Waals surface area contributed by atoms with Crippen LogP contribution in [0.2, 0.25) is 0 Å². The van der Waals surface area contributed by atoms with Gasteiger partial charge >= 0.3 is 0 Å². The molecule has 0 saturated carbocycles. The van der Waals surface area contributed by atoms with Gasteiger partial charge in [-0.3, -0.25) is 14.5 Å². The van der Waals surface area contributed by atoms with E-state index >= 15 is 0 Å². The van der Waals surface area contributed by atoms with Crippen molar-refractivity contribution < 1.29 is 19.1 Å². The highest BCUT2D eigenvalue weighted by molar-refractivity contribution is 6.13.